The Hall–Kier alpha value is -0.910. The van der Waals surface area contributed by atoms with Crippen LogP contribution in [0, 0.1) is 0 Å². The molecule has 0 bridgehead atoms. The predicted molar refractivity (Wildman–Crippen MR) is 91.0 cm³/mol. The largest absolute Gasteiger partial charge is 0.315 e. The minimum absolute atomic E-state index is 0.233. The molecule has 0 aromatic heterocycles. The van der Waals surface area contributed by atoms with Gasteiger partial charge >= 0.3 is 0 Å². The van der Waals surface area contributed by atoms with Crippen LogP contribution in [0.3, 0.4) is 0 Å². The molecule has 0 saturated carbocycles. The van der Waals surface area contributed by atoms with Crippen molar-refractivity contribution < 1.29 is 8.42 Å². The van der Waals surface area contributed by atoms with Gasteiger partial charge in [0, 0.05) is 13.1 Å². The lowest BCUT2D eigenvalue weighted by Gasteiger charge is -2.19. The van der Waals surface area contributed by atoms with Crippen molar-refractivity contribution in [3.63, 3.8) is 0 Å². The zero-order valence-electron chi connectivity index (χ0n) is 13.6. The van der Waals surface area contributed by atoms with Crippen LogP contribution in [0.4, 0.5) is 0 Å². The van der Waals surface area contributed by atoms with Crippen LogP contribution in [0.1, 0.15) is 31.7 Å². The average molecular weight is 324 g/mol. The molecule has 0 atom stereocenters. The molecule has 1 N–H and O–H groups in total. The lowest BCUT2D eigenvalue weighted by Crippen LogP contribution is -2.29. The van der Waals surface area contributed by atoms with Crippen LogP contribution in [0.2, 0.25) is 0 Å². The highest BCUT2D eigenvalue weighted by Gasteiger charge is 2.13. The van der Waals surface area contributed by atoms with Crippen LogP contribution in [-0.2, 0) is 16.3 Å². The Balaban J connectivity index is 1.88. The zero-order chi connectivity index (χ0) is 15.8. The fourth-order valence-corrected chi connectivity index (χ4v) is 4.30. The summed E-state index contributed by atoms with van der Waals surface area (Å²) in [6.45, 7) is 7.46. The number of aryl methyl sites for hydroxylation is 1. The van der Waals surface area contributed by atoms with E-state index < -0.39 is 9.84 Å². The molecule has 0 amide bonds. The highest BCUT2D eigenvalue weighted by Crippen LogP contribution is 2.15. The third-order valence-electron chi connectivity index (χ3n) is 4.10. The smallest absolute Gasteiger partial charge is 0.178 e. The van der Waals surface area contributed by atoms with Gasteiger partial charge in [-0.05, 0) is 63.0 Å². The Morgan fingerprint density at radius 2 is 2.09 bits per heavy atom. The lowest BCUT2D eigenvalue weighted by atomic mass is 10.1. The van der Waals surface area contributed by atoms with Crippen molar-refractivity contribution >= 4 is 9.84 Å². The van der Waals surface area contributed by atoms with Crippen LogP contribution in [0.25, 0.3) is 0 Å². The van der Waals surface area contributed by atoms with Crippen molar-refractivity contribution in [1.82, 2.24) is 10.2 Å². The summed E-state index contributed by atoms with van der Waals surface area (Å²) in [7, 11) is -3.10. The summed E-state index contributed by atoms with van der Waals surface area (Å²) in [5.74, 6) is 0.233. The molecule has 1 aromatic rings. The maximum atomic E-state index is 12.1. The predicted octanol–water partition coefficient (Wildman–Crippen LogP) is 2.10. The maximum Gasteiger partial charge on any atom is 0.178 e. The Morgan fingerprint density at radius 1 is 1.23 bits per heavy atom. The molecule has 2 rings (SSSR count). The van der Waals surface area contributed by atoms with Gasteiger partial charge in [0.2, 0.25) is 0 Å². The minimum atomic E-state index is -3.10. The van der Waals surface area contributed by atoms with Gasteiger partial charge in [0.25, 0.3) is 0 Å². The normalized spacial score (nSPS) is 17.3. The van der Waals surface area contributed by atoms with Gasteiger partial charge in [-0.2, -0.15) is 0 Å². The van der Waals surface area contributed by atoms with Crippen molar-refractivity contribution in [2.45, 2.75) is 37.5 Å². The molecule has 1 aliphatic rings. The van der Waals surface area contributed by atoms with Crippen LogP contribution in [-0.4, -0.2) is 51.8 Å². The van der Waals surface area contributed by atoms with Gasteiger partial charge in [-0.25, -0.2) is 8.42 Å². The van der Waals surface area contributed by atoms with Crippen molar-refractivity contribution in [1.29, 1.82) is 0 Å². The highest BCUT2D eigenvalue weighted by atomic mass is 32.2. The molecule has 0 unspecified atom stereocenters. The van der Waals surface area contributed by atoms with Crippen LogP contribution >= 0.6 is 0 Å². The molecule has 0 aliphatic carbocycles. The van der Waals surface area contributed by atoms with E-state index in [4.69, 9.17) is 0 Å². The van der Waals surface area contributed by atoms with E-state index in [0.29, 0.717) is 11.3 Å². The van der Waals surface area contributed by atoms with Gasteiger partial charge in [0.05, 0.1) is 10.6 Å². The van der Waals surface area contributed by atoms with Gasteiger partial charge < -0.3 is 10.2 Å². The Bertz CT molecular complexity index is 550. The van der Waals surface area contributed by atoms with E-state index in [9.17, 15) is 8.42 Å². The van der Waals surface area contributed by atoms with Gasteiger partial charge in [-0.1, -0.05) is 19.1 Å². The summed E-state index contributed by atoms with van der Waals surface area (Å²) < 4.78 is 24.3. The van der Waals surface area contributed by atoms with Crippen LogP contribution in [0.15, 0.2) is 29.2 Å². The van der Waals surface area contributed by atoms with E-state index in [2.05, 4.69) is 10.2 Å². The highest BCUT2D eigenvalue weighted by molar-refractivity contribution is 7.91. The number of hydrogen-bond donors (Lipinski definition) is 1. The second-order valence-electron chi connectivity index (χ2n) is 6.02. The molecule has 22 heavy (non-hydrogen) atoms. The monoisotopic (exact) mass is 324 g/mol. The molecule has 1 heterocycles. The Kier molecular flexibility index (Phi) is 6.86. The number of benzene rings is 1. The van der Waals surface area contributed by atoms with Crippen molar-refractivity contribution in [2.24, 2.45) is 0 Å². The number of hydrogen-bond acceptors (Lipinski definition) is 4. The topological polar surface area (TPSA) is 49.4 Å². The molecular formula is C17H28N2O2S. The third-order valence-corrected chi connectivity index (χ3v) is 6.02. The Labute approximate surface area is 134 Å². The summed E-state index contributed by atoms with van der Waals surface area (Å²) in [5, 5.41) is 3.41. The molecule has 5 heteroatoms. The van der Waals surface area contributed by atoms with E-state index in [-0.39, 0.29) is 5.75 Å². The molecule has 0 spiro atoms. The Morgan fingerprint density at radius 3 is 2.91 bits per heavy atom. The fourth-order valence-electron chi connectivity index (χ4n) is 2.91. The summed E-state index contributed by atoms with van der Waals surface area (Å²) in [5.41, 5.74) is 1.13. The van der Waals surface area contributed by atoms with E-state index in [1.807, 2.05) is 25.1 Å². The quantitative estimate of drug-likeness (QED) is 0.834. The van der Waals surface area contributed by atoms with Crippen molar-refractivity contribution in [2.75, 3.05) is 38.5 Å². The third kappa shape index (κ3) is 5.38. The molecule has 0 radical (unpaired) electrons. The van der Waals surface area contributed by atoms with E-state index in [1.54, 1.807) is 6.07 Å². The van der Waals surface area contributed by atoms with Gasteiger partial charge in [-0.3, -0.25) is 0 Å². The minimum Gasteiger partial charge on any atom is -0.315 e. The SMILES string of the molecule is CCCS(=O)(=O)c1cccc(CCCN2CCCNCC2)c1. The first-order valence-electron chi connectivity index (χ1n) is 8.36. The standard InChI is InChI=1S/C17H28N2O2S/c1-2-14-22(20,21)17-8-3-6-16(15-17)7-4-11-19-12-5-9-18-10-13-19/h3,6,8,15,18H,2,4-5,7,9-14H2,1H3. The fraction of sp³-hybridized carbons (Fsp3) is 0.647. The molecule has 1 aliphatic heterocycles. The summed E-state index contributed by atoms with van der Waals surface area (Å²) in [4.78, 5) is 2.98. The molecule has 124 valence electrons. The van der Waals surface area contributed by atoms with Crippen molar-refractivity contribution in [3.8, 4) is 0 Å². The lowest BCUT2D eigenvalue weighted by molar-refractivity contribution is 0.289. The van der Waals surface area contributed by atoms with E-state index >= 15 is 0 Å². The number of rotatable bonds is 7. The van der Waals surface area contributed by atoms with Crippen molar-refractivity contribution in [3.05, 3.63) is 29.8 Å². The first-order valence-corrected chi connectivity index (χ1v) is 10.0. The second kappa shape index (κ2) is 8.65. The number of nitrogens with zero attached hydrogens (tertiary/aromatic N) is 1. The van der Waals surface area contributed by atoms with E-state index in [0.717, 1.165) is 51.1 Å². The first-order chi connectivity index (χ1) is 10.6. The number of sulfone groups is 1. The van der Waals surface area contributed by atoms with Crippen LogP contribution < -0.4 is 5.32 Å². The summed E-state index contributed by atoms with van der Waals surface area (Å²) in [6, 6.07) is 7.48. The average Bonchev–Trinajstić information content (AvgIpc) is 2.76. The summed E-state index contributed by atoms with van der Waals surface area (Å²) >= 11 is 0. The molecule has 1 saturated heterocycles. The molecule has 1 fully saturated rings. The molecule has 4 nitrogen and oxygen atoms in total. The zero-order valence-corrected chi connectivity index (χ0v) is 14.4. The summed E-state index contributed by atoms with van der Waals surface area (Å²) in [6.07, 6.45) is 3.90. The van der Waals surface area contributed by atoms with Crippen LogP contribution in [0.5, 0.6) is 0 Å². The van der Waals surface area contributed by atoms with Gasteiger partial charge in [-0.15, -0.1) is 0 Å². The first kappa shape index (κ1) is 17.4. The molecular weight excluding hydrogens is 296 g/mol. The maximum absolute atomic E-state index is 12.1. The van der Waals surface area contributed by atoms with Gasteiger partial charge in [0.15, 0.2) is 9.84 Å². The number of nitrogens with one attached hydrogen (secondary N) is 1. The van der Waals surface area contributed by atoms with E-state index in [1.165, 1.54) is 6.42 Å². The van der Waals surface area contributed by atoms with Gasteiger partial charge in [0.1, 0.15) is 0 Å². The molecule has 1 aromatic carbocycles. The second-order valence-corrected chi connectivity index (χ2v) is 8.12.